The van der Waals surface area contributed by atoms with Gasteiger partial charge in [-0.25, -0.2) is 0 Å². The number of carbonyl (C=O) groups is 1. The summed E-state index contributed by atoms with van der Waals surface area (Å²) in [6.07, 6.45) is 2.30. The molecule has 1 aromatic rings. The molecule has 1 aromatic heterocycles. The number of furan rings is 1. The number of hydrogen-bond donors (Lipinski definition) is 1. The molecule has 1 aliphatic carbocycles. The number of hydrogen-bond acceptors (Lipinski definition) is 3. The van der Waals surface area contributed by atoms with Gasteiger partial charge in [0.1, 0.15) is 11.5 Å². The summed E-state index contributed by atoms with van der Waals surface area (Å²) in [6, 6.07) is 4.34. The van der Waals surface area contributed by atoms with Gasteiger partial charge in [0.15, 0.2) is 0 Å². The van der Waals surface area contributed by atoms with Gasteiger partial charge in [-0.2, -0.15) is 0 Å². The van der Waals surface area contributed by atoms with Gasteiger partial charge in [0.25, 0.3) is 0 Å². The zero-order valence-electron chi connectivity index (χ0n) is 9.82. The van der Waals surface area contributed by atoms with Crippen molar-refractivity contribution < 1.29 is 9.21 Å². The Hall–Kier alpha value is -1.29. The molecule has 88 valence electrons. The lowest BCUT2D eigenvalue weighted by Crippen LogP contribution is -2.36. The molecule has 0 unspecified atom stereocenters. The van der Waals surface area contributed by atoms with Gasteiger partial charge in [-0.15, -0.1) is 0 Å². The van der Waals surface area contributed by atoms with Crippen LogP contribution in [0.2, 0.25) is 0 Å². The summed E-state index contributed by atoms with van der Waals surface area (Å²) in [5.41, 5.74) is 0. The minimum atomic E-state index is 0.158. The molecule has 1 N–H and O–H groups in total. The molecule has 1 heterocycles. The molecule has 0 atom stereocenters. The maximum Gasteiger partial charge on any atom is 0.236 e. The van der Waals surface area contributed by atoms with Crippen LogP contribution in [0.3, 0.4) is 0 Å². The summed E-state index contributed by atoms with van der Waals surface area (Å²) in [5.74, 6) is 1.93. The second kappa shape index (κ2) is 4.70. The third-order valence-corrected chi connectivity index (χ3v) is 2.86. The van der Waals surface area contributed by atoms with Crippen LogP contribution in [-0.4, -0.2) is 30.4 Å². The highest BCUT2D eigenvalue weighted by Gasteiger charge is 2.28. The summed E-state index contributed by atoms with van der Waals surface area (Å²) in [5, 5.41) is 3.09. The molecule has 1 fully saturated rings. The van der Waals surface area contributed by atoms with Crippen LogP contribution in [0.5, 0.6) is 0 Å². The van der Waals surface area contributed by atoms with Crippen LogP contribution >= 0.6 is 0 Å². The van der Waals surface area contributed by atoms with Gasteiger partial charge in [0.05, 0.1) is 13.1 Å². The Morgan fingerprint density at radius 3 is 2.88 bits per heavy atom. The van der Waals surface area contributed by atoms with E-state index in [1.165, 1.54) is 0 Å². The van der Waals surface area contributed by atoms with Gasteiger partial charge in [0, 0.05) is 13.1 Å². The molecular weight excluding hydrogens is 204 g/mol. The lowest BCUT2D eigenvalue weighted by Gasteiger charge is -2.16. The minimum absolute atomic E-state index is 0.158. The molecule has 4 nitrogen and oxygen atoms in total. The number of rotatable bonds is 5. The zero-order valence-corrected chi connectivity index (χ0v) is 9.82. The average molecular weight is 222 g/mol. The third-order valence-electron chi connectivity index (χ3n) is 2.86. The third kappa shape index (κ3) is 2.85. The van der Waals surface area contributed by atoms with Crippen LogP contribution in [0.4, 0.5) is 0 Å². The van der Waals surface area contributed by atoms with Crippen molar-refractivity contribution in [2.45, 2.75) is 32.4 Å². The van der Waals surface area contributed by atoms with Gasteiger partial charge in [-0.1, -0.05) is 0 Å². The van der Waals surface area contributed by atoms with Crippen LogP contribution in [0.25, 0.3) is 0 Å². The summed E-state index contributed by atoms with van der Waals surface area (Å²) >= 11 is 0. The van der Waals surface area contributed by atoms with E-state index in [1.54, 1.807) is 0 Å². The Morgan fingerprint density at radius 1 is 1.56 bits per heavy atom. The van der Waals surface area contributed by atoms with E-state index in [-0.39, 0.29) is 5.91 Å². The monoisotopic (exact) mass is 222 g/mol. The lowest BCUT2D eigenvalue weighted by atomic mass is 10.4. The Balaban J connectivity index is 1.69. The van der Waals surface area contributed by atoms with E-state index in [0.29, 0.717) is 19.1 Å². The molecule has 1 saturated carbocycles. The highest BCUT2D eigenvalue weighted by molar-refractivity contribution is 5.78. The lowest BCUT2D eigenvalue weighted by molar-refractivity contribution is -0.129. The van der Waals surface area contributed by atoms with Crippen molar-refractivity contribution in [2.24, 2.45) is 0 Å². The highest BCUT2D eigenvalue weighted by Crippen LogP contribution is 2.25. The second-order valence-corrected chi connectivity index (χ2v) is 4.35. The highest BCUT2D eigenvalue weighted by atomic mass is 16.3. The van der Waals surface area contributed by atoms with E-state index in [9.17, 15) is 4.79 Å². The van der Waals surface area contributed by atoms with Crippen LogP contribution in [0.1, 0.15) is 24.4 Å². The normalized spacial score (nSPS) is 15.1. The van der Waals surface area contributed by atoms with Crippen molar-refractivity contribution in [1.29, 1.82) is 0 Å². The van der Waals surface area contributed by atoms with Crippen molar-refractivity contribution in [2.75, 3.05) is 13.6 Å². The fourth-order valence-electron chi connectivity index (χ4n) is 1.66. The molecule has 4 heteroatoms. The Kier molecular flexibility index (Phi) is 3.29. The van der Waals surface area contributed by atoms with E-state index in [1.807, 2.05) is 31.0 Å². The largest absolute Gasteiger partial charge is 0.465 e. The average Bonchev–Trinajstić information content (AvgIpc) is 3.02. The minimum Gasteiger partial charge on any atom is -0.465 e. The number of carbonyl (C=O) groups excluding carboxylic acids is 1. The van der Waals surface area contributed by atoms with Crippen molar-refractivity contribution >= 4 is 5.91 Å². The van der Waals surface area contributed by atoms with E-state index < -0.39 is 0 Å². The van der Waals surface area contributed by atoms with Gasteiger partial charge in [0.2, 0.25) is 5.91 Å². The number of nitrogens with zero attached hydrogens (tertiary/aromatic N) is 1. The van der Waals surface area contributed by atoms with Crippen LogP contribution in [-0.2, 0) is 11.3 Å². The van der Waals surface area contributed by atoms with Crippen LogP contribution in [0.15, 0.2) is 16.5 Å². The van der Waals surface area contributed by atoms with Gasteiger partial charge in [-0.05, 0) is 31.9 Å². The first-order chi connectivity index (χ1) is 7.66. The summed E-state index contributed by atoms with van der Waals surface area (Å²) < 4.78 is 5.40. The number of likely N-dealkylation sites (N-methyl/N-ethyl adjacent to an activating group) is 1. The summed E-state index contributed by atoms with van der Waals surface area (Å²) in [4.78, 5) is 13.5. The fraction of sp³-hybridized carbons (Fsp3) is 0.583. The second-order valence-electron chi connectivity index (χ2n) is 4.35. The molecule has 1 amide bonds. The molecule has 0 saturated heterocycles. The van der Waals surface area contributed by atoms with Crippen molar-refractivity contribution in [3.8, 4) is 0 Å². The molecule has 0 aliphatic heterocycles. The first-order valence-corrected chi connectivity index (χ1v) is 5.68. The first kappa shape index (κ1) is 11.2. The maximum absolute atomic E-state index is 11.7. The topological polar surface area (TPSA) is 45.5 Å². The molecule has 2 rings (SSSR count). The van der Waals surface area contributed by atoms with Gasteiger partial charge < -0.3 is 14.6 Å². The zero-order chi connectivity index (χ0) is 11.5. The van der Waals surface area contributed by atoms with Crippen molar-refractivity contribution in [1.82, 2.24) is 10.2 Å². The number of aryl methyl sites for hydroxylation is 1. The molecule has 0 bridgehead atoms. The Morgan fingerprint density at radius 2 is 2.31 bits per heavy atom. The van der Waals surface area contributed by atoms with E-state index in [4.69, 9.17) is 4.42 Å². The number of amides is 1. The standard InChI is InChI=1S/C12H18N2O2/c1-9-3-6-11(16-9)7-13-8-12(15)14(2)10-4-5-10/h3,6,10,13H,4-5,7-8H2,1-2H3. The summed E-state index contributed by atoms with van der Waals surface area (Å²) in [6.45, 7) is 2.90. The predicted molar refractivity (Wildman–Crippen MR) is 60.9 cm³/mol. The molecule has 0 spiro atoms. The molecule has 0 aromatic carbocycles. The number of nitrogens with one attached hydrogen (secondary N) is 1. The van der Waals surface area contributed by atoms with Crippen LogP contribution < -0.4 is 5.32 Å². The molecule has 1 aliphatic rings. The Bertz CT molecular complexity index is 369. The van der Waals surface area contributed by atoms with Crippen LogP contribution in [0, 0.1) is 6.92 Å². The first-order valence-electron chi connectivity index (χ1n) is 5.68. The van der Waals surface area contributed by atoms with Crippen molar-refractivity contribution in [3.63, 3.8) is 0 Å². The fourth-order valence-corrected chi connectivity index (χ4v) is 1.66. The molecule has 16 heavy (non-hydrogen) atoms. The van der Waals surface area contributed by atoms with E-state index in [2.05, 4.69) is 5.32 Å². The maximum atomic E-state index is 11.7. The molecular formula is C12H18N2O2. The summed E-state index contributed by atoms with van der Waals surface area (Å²) in [7, 11) is 1.87. The van der Waals surface area contributed by atoms with E-state index in [0.717, 1.165) is 24.4 Å². The quantitative estimate of drug-likeness (QED) is 0.816. The van der Waals surface area contributed by atoms with Gasteiger partial charge >= 0.3 is 0 Å². The molecule has 0 radical (unpaired) electrons. The predicted octanol–water partition coefficient (Wildman–Crippen LogP) is 1.30. The van der Waals surface area contributed by atoms with Crippen molar-refractivity contribution in [3.05, 3.63) is 23.7 Å². The Labute approximate surface area is 95.6 Å². The smallest absolute Gasteiger partial charge is 0.236 e. The SMILES string of the molecule is Cc1ccc(CNCC(=O)N(C)C2CC2)o1. The van der Waals surface area contributed by atoms with E-state index >= 15 is 0 Å². The van der Waals surface area contributed by atoms with Gasteiger partial charge in [-0.3, -0.25) is 4.79 Å².